The average molecular weight is 131 g/mol. The highest BCUT2D eigenvalue weighted by molar-refractivity contribution is 5.51. The molecule has 0 aliphatic carbocycles. The molecule has 54 valence electrons. The standard InChI is InChI=1S/C6H13NO2/c1-3-6(9)7(2)4-5-8/h5-6,9H,3-4H2,1-2H3/t6-/m1/s1. The van der Waals surface area contributed by atoms with Crippen LogP contribution in [0.15, 0.2) is 0 Å². The van der Waals surface area contributed by atoms with E-state index in [0.717, 1.165) is 6.29 Å². The predicted molar refractivity (Wildman–Crippen MR) is 35.0 cm³/mol. The van der Waals surface area contributed by atoms with Crippen molar-refractivity contribution in [2.45, 2.75) is 19.6 Å². The second kappa shape index (κ2) is 4.47. The van der Waals surface area contributed by atoms with Gasteiger partial charge in [-0.05, 0) is 13.5 Å². The summed E-state index contributed by atoms with van der Waals surface area (Å²) in [7, 11) is 1.71. The van der Waals surface area contributed by atoms with Gasteiger partial charge in [-0.15, -0.1) is 0 Å². The van der Waals surface area contributed by atoms with Gasteiger partial charge in [-0.2, -0.15) is 0 Å². The second-order valence-electron chi connectivity index (χ2n) is 2.00. The summed E-state index contributed by atoms with van der Waals surface area (Å²) in [4.78, 5) is 11.5. The van der Waals surface area contributed by atoms with Gasteiger partial charge in [0.05, 0.1) is 6.54 Å². The van der Waals surface area contributed by atoms with Gasteiger partial charge in [0.25, 0.3) is 0 Å². The number of aldehydes is 1. The van der Waals surface area contributed by atoms with Crippen LogP contribution in [0.5, 0.6) is 0 Å². The number of likely N-dealkylation sites (N-methyl/N-ethyl adjacent to an activating group) is 1. The Balaban J connectivity index is 3.44. The summed E-state index contributed by atoms with van der Waals surface area (Å²) in [5.74, 6) is 0. The maximum Gasteiger partial charge on any atom is 0.134 e. The molecule has 0 rings (SSSR count). The van der Waals surface area contributed by atoms with Gasteiger partial charge >= 0.3 is 0 Å². The van der Waals surface area contributed by atoms with Crippen molar-refractivity contribution < 1.29 is 9.90 Å². The molecule has 0 saturated heterocycles. The Morgan fingerprint density at radius 2 is 2.33 bits per heavy atom. The SMILES string of the molecule is CC[C@@H](O)N(C)CC=O. The van der Waals surface area contributed by atoms with E-state index in [4.69, 9.17) is 5.11 Å². The summed E-state index contributed by atoms with van der Waals surface area (Å²) < 4.78 is 0. The molecule has 0 aromatic heterocycles. The van der Waals surface area contributed by atoms with E-state index in [2.05, 4.69) is 0 Å². The maximum atomic E-state index is 9.88. The van der Waals surface area contributed by atoms with Crippen molar-refractivity contribution >= 4 is 6.29 Å². The summed E-state index contributed by atoms with van der Waals surface area (Å²) in [6.07, 6.45) is 0.957. The number of carbonyl (C=O) groups is 1. The van der Waals surface area contributed by atoms with Crippen LogP contribution in [-0.2, 0) is 4.79 Å². The molecule has 1 N–H and O–H groups in total. The largest absolute Gasteiger partial charge is 0.378 e. The van der Waals surface area contributed by atoms with Gasteiger partial charge in [-0.1, -0.05) is 6.92 Å². The first-order chi connectivity index (χ1) is 4.22. The Morgan fingerprint density at radius 1 is 1.78 bits per heavy atom. The summed E-state index contributed by atoms with van der Waals surface area (Å²) in [5, 5.41) is 9.02. The molecule has 0 aliphatic heterocycles. The van der Waals surface area contributed by atoms with Crippen molar-refractivity contribution in [2.24, 2.45) is 0 Å². The van der Waals surface area contributed by atoms with Gasteiger partial charge in [-0.25, -0.2) is 0 Å². The van der Waals surface area contributed by atoms with Crippen LogP contribution in [0.1, 0.15) is 13.3 Å². The topological polar surface area (TPSA) is 40.5 Å². The van der Waals surface area contributed by atoms with E-state index in [1.54, 1.807) is 11.9 Å². The number of carbonyl (C=O) groups excluding carboxylic acids is 1. The molecule has 0 aliphatic rings. The molecule has 0 aromatic carbocycles. The van der Waals surface area contributed by atoms with E-state index in [1.165, 1.54) is 0 Å². The maximum absolute atomic E-state index is 9.88. The van der Waals surface area contributed by atoms with Gasteiger partial charge in [0.15, 0.2) is 0 Å². The van der Waals surface area contributed by atoms with Crippen LogP contribution in [0.25, 0.3) is 0 Å². The van der Waals surface area contributed by atoms with E-state index in [1.807, 2.05) is 6.92 Å². The van der Waals surface area contributed by atoms with Crippen LogP contribution >= 0.6 is 0 Å². The third kappa shape index (κ3) is 3.21. The molecular weight excluding hydrogens is 118 g/mol. The van der Waals surface area contributed by atoms with E-state index >= 15 is 0 Å². The minimum Gasteiger partial charge on any atom is -0.378 e. The second-order valence-corrected chi connectivity index (χ2v) is 2.00. The number of aliphatic hydroxyl groups is 1. The van der Waals surface area contributed by atoms with Crippen molar-refractivity contribution in [1.29, 1.82) is 0 Å². The smallest absolute Gasteiger partial charge is 0.134 e. The van der Waals surface area contributed by atoms with Crippen LogP contribution < -0.4 is 0 Å². The lowest BCUT2D eigenvalue weighted by molar-refractivity contribution is -0.111. The summed E-state index contributed by atoms with van der Waals surface area (Å²) >= 11 is 0. The molecule has 0 saturated carbocycles. The van der Waals surface area contributed by atoms with Crippen molar-refractivity contribution in [2.75, 3.05) is 13.6 Å². The average Bonchev–Trinajstić information content (AvgIpc) is 1.87. The molecule has 0 spiro atoms. The molecule has 0 heterocycles. The number of hydrogen-bond donors (Lipinski definition) is 1. The molecule has 3 nitrogen and oxygen atoms in total. The first kappa shape index (κ1) is 8.59. The van der Waals surface area contributed by atoms with Crippen LogP contribution in [0.4, 0.5) is 0 Å². The molecule has 3 heteroatoms. The zero-order valence-corrected chi connectivity index (χ0v) is 5.87. The molecule has 1 atom stereocenters. The van der Waals surface area contributed by atoms with Crippen molar-refractivity contribution in [3.8, 4) is 0 Å². The Morgan fingerprint density at radius 3 is 2.67 bits per heavy atom. The van der Waals surface area contributed by atoms with Gasteiger partial charge in [-0.3, -0.25) is 4.90 Å². The van der Waals surface area contributed by atoms with Crippen molar-refractivity contribution in [3.05, 3.63) is 0 Å². The Labute approximate surface area is 55.3 Å². The first-order valence-electron chi connectivity index (χ1n) is 3.04. The Kier molecular flexibility index (Phi) is 4.26. The molecule has 0 bridgehead atoms. The van der Waals surface area contributed by atoms with E-state index < -0.39 is 6.23 Å². The third-order valence-corrected chi connectivity index (χ3v) is 1.24. The highest BCUT2D eigenvalue weighted by Crippen LogP contribution is 1.93. The minimum absolute atomic E-state index is 0.301. The zero-order chi connectivity index (χ0) is 7.28. The lowest BCUT2D eigenvalue weighted by Gasteiger charge is -2.18. The number of rotatable bonds is 4. The summed E-state index contributed by atoms with van der Waals surface area (Å²) in [6, 6.07) is 0. The zero-order valence-electron chi connectivity index (χ0n) is 5.87. The van der Waals surface area contributed by atoms with Gasteiger partial charge in [0.1, 0.15) is 12.5 Å². The third-order valence-electron chi connectivity index (χ3n) is 1.24. The normalized spacial score (nSPS) is 13.8. The predicted octanol–water partition coefficient (Wildman–Crippen LogP) is -0.155. The molecule has 0 amide bonds. The number of hydrogen-bond acceptors (Lipinski definition) is 3. The van der Waals surface area contributed by atoms with Crippen LogP contribution in [0.2, 0.25) is 0 Å². The molecule has 0 unspecified atom stereocenters. The summed E-state index contributed by atoms with van der Waals surface area (Å²) in [6.45, 7) is 2.17. The van der Waals surface area contributed by atoms with Crippen LogP contribution in [0, 0.1) is 0 Å². The summed E-state index contributed by atoms with van der Waals surface area (Å²) in [5.41, 5.74) is 0. The van der Waals surface area contributed by atoms with Crippen molar-refractivity contribution in [1.82, 2.24) is 4.90 Å². The molecule has 0 fully saturated rings. The van der Waals surface area contributed by atoms with E-state index in [9.17, 15) is 4.79 Å². The molecular formula is C6H13NO2. The Hall–Kier alpha value is -0.410. The molecule has 0 radical (unpaired) electrons. The van der Waals surface area contributed by atoms with Gasteiger partial charge < -0.3 is 9.90 Å². The van der Waals surface area contributed by atoms with Crippen LogP contribution in [-0.4, -0.2) is 36.1 Å². The van der Waals surface area contributed by atoms with Gasteiger partial charge in [0, 0.05) is 0 Å². The highest BCUT2D eigenvalue weighted by Gasteiger charge is 2.05. The number of aliphatic hydroxyl groups excluding tert-OH is 1. The van der Waals surface area contributed by atoms with Gasteiger partial charge in [0.2, 0.25) is 0 Å². The lowest BCUT2D eigenvalue weighted by Crippen LogP contribution is -2.32. The number of nitrogens with zero attached hydrogens (tertiary/aromatic N) is 1. The Bertz CT molecular complexity index is 85.1. The van der Waals surface area contributed by atoms with Crippen molar-refractivity contribution in [3.63, 3.8) is 0 Å². The highest BCUT2D eigenvalue weighted by atomic mass is 16.3. The lowest BCUT2D eigenvalue weighted by atomic mass is 10.4. The monoisotopic (exact) mass is 131 g/mol. The van der Waals surface area contributed by atoms with E-state index in [-0.39, 0.29) is 0 Å². The fraction of sp³-hybridized carbons (Fsp3) is 0.833. The molecule has 9 heavy (non-hydrogen) atoms. The quantitative estimate of drug-likeness (QED) is 0.426. The fourth-order valence-corrected chi connectivity index (χ4v) is 0.551. The van der Waals surface area contributed by atoms with E-state index in [0.29, 0.717) is 13.0 Å². The fourth-order valence-electron chi connectivity index (χ4n) is 0.551. The minimum atomic E-state index is -0.477. The first-order valence-corrected chi connectivity index (χ1v) is 3.04. The van der Waals surface area contributed by atoms with Crippen LogP contribution in [0.3, 0.4) is 0 Å². The molecule has 0 aromatic rings.